The molecule has 2 amide bonds. The Morgan fingerprint density at radius 2 is 1.21 bits per heavy atom. The number of benzene rings is 2. The molecule has 4 rings (SSSR count). The van der Waals surface area contributed by atoms with E-state index in [0.29, 0.717) is 43.7 Å². The molecule has 0 spiro atoms. The van der Waals surface area contributed by atoms with Crippen LogP contribution in [0.25, 0.3) is 0 Å². The third kappa shape index (κ3) is 3.24. The first-order valence-electron chi connectivity index (χ1n) is 10.1. The molecule has 150 valence electrons. The van der Waals surface area contributed by atoms with E-state index in [-0.39, 0.29) is 17.6 Å². The SMILES string of the molecule is CCC12CN(C(=O)c3ccccc3)CC(C)(CN(C(=O)c3ccccc3)C1)C2=O. The van der Waals surface area contributed by atoms with Crippen LogP contribution in [0.1, 0.15) is 41.0 Å². The predicted molar refractivity (Wildman–Crippen MR) is 111 cm³/mol. The molecule has 2 aromatic rings. The van der Waals surface area contributed by atoms with E-state index >= 15 is 0 Å². The third-order valence-corrected chi connectivity index (χ3v) is 6.39. The van der Waals surface area contributed by atoms with Gasteiger partial charge >= 0.3 is 0 Å². The standard InChI is InChI=1S/C24H26N2O3/c1-3-24-16-25(20(27)18-10-6-4-7-11-18)14-23(2,22(24)29)15-26(17-24)21(28)19-12-8-5-9-13-19/h4-13H,3,14-17H2,1-2H3. The monoisotopic (exact) mass is 390 g/mol. The van der Waals surface area contributed by atoms with E-state index in [1.165, 1.54) is 0 Å². The van der Waals surface area contributed by atoms with Gasteiger partial charge in [0.15, 0.2) is 5.78 Å². The van der Waals surface area contributed by atoms with Crippen molar-refractivity contribution in [3.8, 4) is 0 Å². The van der Waals surface area contributed by atoms with Gasteiger partial charge in [-0.1, -0.05) is 43.3 Å². The molecule has 0 N–H and O–H groups in total. The number of likely N-dealkylation sites (tertiary alicyclic amines) is 2. The van der Waals surface area contributed by atoms with Crippen LogP contribution in [0.4, 0.5) is 0 Å². The molecule has 0 aromatic heterocycles. The number of ketones is 1. The fraction of sp³-hybridized carbons (Fsp3) is 0.375. The van der Waals surface area contributed by atoms with Crippen molar-refractivity contribution >= 4 is 17.6 Å². The molecule has 0 atom stereocenters. The normalized spacial score (nSPS) is 26.3. The molecule has 5 heteroatoms. The van der Waals surface area contributed by atoms with Gasteiger partial charge in [0.1, 0.15) is 0 Å². The number of rotatable bonds is 3. The first kappa shape index (κ1) is 19.4. The number of carbonyl (C=O) groups excluding carboxylic acids is 3. The van der Waals surface area contributed by atoms with Crippen LogP contribution in [-0.4, -0.2) is 53.6 Å². The van der Waals surface area contributed by atoms with E-state index in [1.807, 2.05) is 60.0 Å². The number of hydrogen-bond donors (Lipinski definition) is 0. The molecule has 2 heterocycles. The molecular formula is C24H26N2O3. The number of amides is 2. The Kier molecular flexibility index (Phi) is 4.77. The summed E-state index contributed by atoms with van der Waals surface area (Å²) in [5.74, 6) is 0.0803. The molecule has 29 heavy (non-hydrogen) atoms. The summed E-state index contributed by atoms with van der Waals surface area (Å²) in [7, 11) is 0. The van der Waals surface area contributed by atoms with Crippen LogP contribution in [0.3, 0.4) is 0 Å². The third-order valence-electron chi connectivity index (χ3n) is 6.39. The van der Waals surface area contributed by atoms with Crippen molar-refractivity contribution in [3.05, 3.63) is 71.8 Å². The quantitative estimate of drug-likeness (QED) is 0.808. The van der Waals surface area contributed by atoms with E-state index < -0.39 is 10.8 Å². The largest absolute Gasteiger partial charge is 0.337 e. The summed E-state index contributed by atoms with van der Waals surface area (Å²) < 4.78 is 0. The molecule has 2 bridgehead atoms. The summed E-state index contributed by atoms with van der Waals surface area (Å²) >= 11 is 0. The lowest BCUT2D eigenvalue weighted by Crippen LogP contribution is -2.70. The van der Waals surface area contributed by atoms with E-state index in [0.717, 1.165) is 0 Å². The molecule has 5 nitrogen and oxygen atoms in total. The van der Waals surface area contributed by atoms with Gasteiger partial charge in [-0.2, -0.15) is 0 Å². The zero-order valence-electron chi connectivity index (χ0n) is 16.9. The lowest BCUT2D eigenvalue weighted by atomic mass is 9.62. The highest BCUT2D eigenvalue weighted by Gasteiger charge is 2.58. The summed E-state index contributed by atoms with van der Waals surface area (Å²) in [4.78, 5) is 43.3. The summed E-state index contributed by atoms with van der Waals surface area (Å²) in [5.41, 5.74) is -0.222. The molecule has 2 fully saturated rings. The molecular weight excluding hydrogens is 364 g/mol. The van der Waals surface area contributed by atoms with Gasteiger partial charge in [-0.3, -0.25) is 14.4 Å². The van der Waals surface area contributed by atoms with Gasteiger partial charge in [0.2, 0.25) is 0 Å². The van der Waals surface area contributed by atoms with Crippen molar-refractivity contribution in [2.24, 2.45) is 10.8 Å². The second kappa shape index (κ2) is 7.14. The van der Waals surface area contributed by atoms with Crippen LogP contribution in [0.15, 0.2) is 60.7 Å². The van der Waals surface area contributed by atoms with Gasteiger partial charge in [0.25, 0.3) is 11.8 Å². The van der Waals surface area contributed by atoms with E-state index in [1.54, 1.807) is 24.3 Å². The molecule has 0 aliphatic carbocycles. The number of carbonyl (C=O) groups is 3. The maximum Gasteiger partial charge on any atom is 0.253 e. The molecule has 0 radical (unpaired) electrons. The highest BCUT2D eigenvalue weighted by atomic mass is 16.2. The van der Waals surface area contributed by atoms with Crippen molar-refractivity contribution in [1.82, 2.24) is 9.80 Å². The lowest BCUT2D eigenvalue weighted by molar-refractivity contribution is -0.155. The fourth-order valence-electron chi connectivity index (χ4n) is 4.91. The number of fused-ring (bicyclic) bond motifs is 2. The smallest absolute Gasteiger partial charge is 0.253 e. The van der Waals surface area contributed by atoms with Crippen LogP contribution < -0.4 is 0 Å². The Hall–Kier alpha value is -2.95. The number of piperidine rings is 2. The highest BCUT2D eigenvalue weighted by molar-refractivity contribution is 6.01. The van der Waals surface area contributed by atoms with Gasteiger partial charge in [-0.25, -0.2) is 0 Å². The van der Waals surface area contributed by atoms with Crippen LogP contribution in [-0.2, 0) is 4.79 Å². The van der Waals surface area contributed by atoms with E-state index in [4.69, 9.17) is 0 Å². The fourth-order valence-corrected chi connectivity index (χ4v) is 4.91. The minimum atomic E-state index is -0.763. The van der Waals surface area contributed by atoms with Gasteiger partial charge in [0.05, 0.1) is 10.8 Å². The molecule has 2 saturated heterocycles. The summed E-state index contributed by atoms with van der Waals surface area (Å²) in [6.45, 7) is 5.24. The van der Waals surface area contributed by atoms with E-state index in [9.17, 15) is 14.4 Å². The van der Waals surface area contributed by atoms with Crippen molar-refractivity contribution in [2.75, 3.05) is 26.2 Å². The molecule has 2 aliphatic heterocycles. The van der Waals surface area contributed by atoms with Crippen LogP contribution >= 0.6 is 0 Å². The zero-order chi connectivity index (χ0) is 20.6. The maximum atomic E-state index is 13.4. The Bertz CT molecular complexity index is 876. The highest BCUT2D eigenvalue weighted by Crippen LogP contribution is 2.45. The molecule has 2 aromatic carbocycles. The average molecular weight is 390 g/mol. The van der Waals surface area contributed by atoms with Crippen molar-refractivity contribution in [2.45, 2.75) is 20.3 Å². The van der Waals surface area contributed by atoms with Crippen LogP contribution in [0.2, 0.25) is 0 Å². The lowest BCUT2D eigenvalue weighted by Gasteiger charge is -2.56. The minimum absolute atomic E-state index is 0.0509. The second-order valence-electron chi connectivity index (χ2n) is 8.58. The molecule has 0 unspecified atom stereocenters. The van der Waals surface area contributed by atoms with Crippen LogP contribution in [0, 0.1) is 10.8 Å². The predicted octanol–water partition coefficient (Wildman–Crippen LogP) is 3.27. The van der Waals surface area contributed by atoms with Crippen molar-refractivity contribution in [1.29, 1.82) is 0 Å². The Morgan fingerprint density at radius 3 is 1.59 bits per heavy atom. The number of nitrogens with zero attached hydrogens (tertiary/aromatic N) is 2. The van der Waals surface area contributed by atoms with Crippen molar-refractivity contribution < 1.29 is 14.4 Å². The average Bonchev–Trinajstić information content (AvgIpc) is 2.75. The Morgan fingerprint density at radius 1 is 0.793 bits per heavy atom. The van der Waals surface area contributed by atoms with Gasteiger partial charge in [-0.15, -0.1) is 0 Å². The molecule has 2 aliphatic rings. The Balaban J connectivity index is 1.65. The summed E-state index contributed by atoms with van der Waals surface area (Å²) in [5, 5.41) is 0. The second-order valence-corrected chi connectivity index (χ2v) is 8.58. The minimum Gasteiger partial charge on any atom is -0.337 e. The molecule has 0 saturated carbocycles. The van der Waals surface area contributed by atoms with Crippen LogP contribution in [0.5, 0.6) is 0 Å². The van der Waals surface area contributed by atoms with Crippen molar-refractivity contribution in [3.63, 3.8) is 0 Å². The first-order chi connectivity index (χ1) is 13.9. The van der Waals surface area contributed by atoms with Gasteiger partial charge in [0, 0.05) is 37.3 Å². The summed E-state index contributed by atoms with van der Waals surface area (Å²) in [6.07, 6.45) is 0.596. The zero-order valence-corrected chi connectivity index (χ0v) is 16.9. The van der Waals surface area contributed by atoms with E-state index in [2.05, 4.69) is 0 Å². The van der Waals surface area contributed by atoms with Gasteiger partial charge in [-0.05, 0) is 37.6 Å². The first-order valence-corrected chi connectivity index (χ1v) is 10.1. The number of hydrogen-bond acceptors (Lipinski definition) is 3. The van der Waals surface area contributed by atoms with Gasteiger partial charge < -0.3 is 9.80 Å². The summed E-state index contributed by atoms with van der Waals surface area (Å²) in [6, 6.07) is 18.4. The Labute approximate surface area is 171 Å². The number of Topliss-reactive ketones (excluding diaryl/α,β-unsaturated/α-hetero) is 1. The topological polar surface area (TPSA) is 57.7 Å². The maximum absolute atomic E-state index is 13.4.